The standard InChI is InChI=1S/C12H18N4/c1-9-7-8-11(13)16(15-9)12(14)10-5-3-2-4-6-10/h7-8,10,13-14H,2-6H2,1H3. The molecule has 0 unspecified atom stereocenters. The first kappa shape index (κ1) is 11.0. The predicted octanol–water partition coefficient (Wildman–Crippen LogP) is 2.08. The summed E-state index contributed by atoms with van der Waals surface area (Å²) in [6.07, 6.45) is 5.82. The van der Waals surface area contributed by atoms with Crippen molar-refractivity contribution in [1.82, 2.24) is 9.78 Å². The van der Waals surface area contributed by atoms with Crippen LogP contribution in [0.5, 0.6) is 0 Å². The quantitative estimate of drug-likeness (QED) is 0.550. The fourth-order valence-corrected chi connectivity index (χ4v) is 2.25. The summed E-state index contributed by atoms with van der Waals surface area (Å²) < 4.78 is 1.48. The summed E-state index contributed by atoms with van der Waals surface area (Å²) in [6.45, 7) is 1.89. The van der Waals surface area contributed by atoms with E-state index in [4.69, 9.17) is 10.8 Å². The molecule has 1 aliphatic carbocycles. The summed E-state index contributed by atoms with van der Waals surface area (Å²) in [4.78, 5) is 0. The summed E-state index contributed by atoms with van der Waals surface area (Å²) in [5, 5.41) is 20.2. The summed E-state index contributed by atoms with van der Waals surface area (Å²) in [5.41, 5.74) is 1.16. The van der Waals surface area contributed by atoms with Crippen LogP contribution in [0.1, 0.15) is 37.8 Å². The Labute approximate surface area is 95.3 Å². The Balaban J connectivity index is 2.25. The molecular formula is C12H18N4. The molecule has 0 spiro atoms. The SMILES string of the molecule is Cc1ccc(=N)n(C(=N)C2CCCCC2)n1. The third-order valence-corrected chi connectivity index (χ3v) is 3.19. The average molecular weight is 218 g/mol. The molecule has 0 aliphatic heterocycles. The Morgan fingerprint density at radius 3 is 2.69 bits per heavy atom. The normalized spacial score (nSPS) is 17.3. The van der Waals surface area contributed by atoms with E-state index >= 15 is 0 Å². The van der Waals surface area contributed by atoms with Crippen molar-refractivity contribution >= 4 is 5.84 Å². The summed E-state index contributed by atoms with van der Waals surface area (Å²) >= 11 is 0. The highest BCUT2D eigenvalue weighted by atomic mass is 15.3. The zero-order chi connectivity index (χ0) is 11.5. The molecule has 0 aromatic carbocycles. The van der Waals surface area contributed by atoms with Gasteiger partial charge in [0.25, 0.3) is 0 Å². The fraction of sp³-hybridized carbons (Fsp3) is 0.583. The molecule has 1 heterocycles. The minimum absolute atomic E-state index is 0.289. The lowest BCUT2D eigenvalue weighted by molar-refractivity contribution is 0.427. The van der Waals surface area contributed by atoms with E-state index in [1.54, 1.807) is 6.07 Å². The zero-order valence-corrected chi connectivity index (χ0v) is 9.66. The maximum Gasteiger partial charge on any atom is 0.148 e. The second kappa shape index (κ2) is 4.60. The van der Waals surface area contributed by atoms with Crippen LogP contribution in [-0.2, 0) is 0 Å². The number of aryl methyl sites for hydroxylation is 1. The molecule has 0 amide bonds. The van der Waals surface area contributed by atoms with Crippen molar-refractivity contribution < 1.29 is 0 Å². The van der Waals surface area contributed by atoms with Crippen molar-refractivity contribution in [1.29, 1.82) is 10.8 Å². The van der Waals surface area contributed by atoms with Crippen LogP contribution in [0, 0.1) is 23.7 Å². The molecule has 1 saturated carbocycles. The highest BCUT2D eigenvalue weighted by molar-refractivity contribution is 5.82. The van der Waals surface area contributed by atoms with Gasteiger partial charge >= 0.3 is 0 Å². The van der Waals surface area contributed by atoms with Crippen molar-refractivity contribution in [3.05, 3.63) is 23.3 Å². The van der Waals surface area contributed by atoms with E-state index in [1.165, 1.54) is 23.9 Å². The van der Waals surface area contributed by atoms with Crippen molar-refractivity contribution in [2.75, 3.05) is 0 Å². The molecule has 0 radical (unpaired) electrons. The number of rotatable bonds is 1. The molecule has 16 heavy (non-hydrogen) atoms. The summed E-state index contributed by atoms with van der Waals surface area (Å²) in [6, 6.07) is 3.52. The van der Waals surface area contributed by atoms with Crippen LogP contribution < -0.4 is 5.49 Å². The second-order valence-corrected chi connectivity index (χ2v) is 4.49. The average Bonchev–Trinajstić information content (AvgIpc) is 2.32. The van der Waals surface area contributed by atoms with Gasteiger partial charge in [-0.05, 0) is 31.9 Å². The van der Waals surface area contributed by atoms with E-state index in [0.29, 0.717) is 11.3 Å². The van der Waals surface area contributed by atoms with Gasteiger partial charge in [-0.2, -0.15) is 5.10 Å². The molecule has 1 aromatic heterocycles. The smallest absolute Gasteiger partial charge is 0.148 e. The largest absolute Gasteiger partial charge is 0.286 e. The summed E-state index contributed by atoms with van der Waals surface area (Å²) in [7, 11) is 0. The highest BCUT2D eigenvalue weighted by Gasteiger charge is 2.20. The third-order valence-electron chi connectivity index (χ3n) is 3.19. The lowest BCUT2D eigenvalue weighted by Crippen LogP contribution is -2.34. The minimum atomic E-state index is 0.289. The number of nitrogens with zero attached hydrogens (tertiary/aromatic N) is 2. The molecule has 0 bridgehead atoms. The van der Waals surface area contributed by atoms with Gasteiger partial charge in [-0.15, -0.1) is 0 Å². The Morgan fingerprint density at radius 2 is 2.00 bits per heavy atom. The Hall–Kier alpha value is -1.45. The van der Waals surface area contributed by atoms with Gasteiger partial charge in [0, 0.05) is 5.92 Å². The molecule has 4 nitrogen and oxygen atoms in total. The first-order valence-corrected chi connectivity index (χ1v) is 5.89. The monoisotopic (exact) mass is 218 g/mol. The van der Waals surface area contributed by atoms with Gasteiger partial charge in [0.15, 0.2) is 0 Å². The van der Waals surface area contributed by atoms with Gasteiger partial charge in [-0.1, -0.05) is 19.3 Å². The van der Waals surface area contributed by atoms with Crippen molar-refractivity contribution in [2.24, 2.45) is 5.92 Å². The van der Waals surface area contributed by atoms with Crippen molar-refractivity contribution in [2.45, 2.75) is 39.0 Å². The van der Waals surface area contributed by atoms with Crippen LogP contribution in [0.25, 0.3) is 0 Å². The number of aromatic nitrogens is 2. The summed E-state index contributed by atoms with van der Waals surface area (Å²) in [5.74, 6) is 0.783. The van der Waals surface area contributed by atoms with Crippen LogP contribution >= 0.6 is 0 Å². The fourth-order valence-electron chi connectivity index (χ4n) is 2.25. The van der Waals surface area contributed by atoms with E-state index in [-0.39, 0.29) is 5.92 Å². The Bertz CT molecular complexity index is 441. The van der Waals surface area contributed by atoms with E-state index in [1.807, 2.05) is 13.0 Å². The maximum atomic E-state index is 8.14. The molecular weight excluding hydrogens is 200 g/mol. The molecule has 2 rings (SSSR count). The van der Waals surface area contributed by atoms with E-state index in [0.717, 1.165) is 18.5 Å². The van der Waals surface area contributed by atoms with Crippen LogP contribution in [0.4, 0.5) is 0 Å². The van der Waals surface area contributed by atoms with E-state index in [9.17, 15) is 0 Å². The van der Waals surface area contributed by atoms with Crippen molar-refractivity contribution in [3.63, 3.8) is 0 Å². The van der Waals surface area contributed by atoms with Gasteiger partial charge in [-0.25, -0.2) is 4.68 Å². The van der Waals surface area contributed by atoms with Crippen molar-refractivity contribution in [3.8, 4) is 0 Å². The van der Waals surface area contributed by atoms with E-state index in [2.05, 4.69) is 5.10 Å². The van der Waals surface area contributed by atoms with Crippen LogP contribution in [0.3, 0.4) is 0 Å². The number of nitrogens with one attached hydrogen (secondary N) is 2. The first-order chi connectivity index (χ1) is 7.68. The first-order valence-electron chi connectivity index (χ1n) is 5.89. The topological polar surface area (TPSA) is 65.5 Å². The lowest BCUT2D eigenvalue weighted by atomic mass is 9.88. The lowest BCUT2D eigenvalue weighted by Gasteiger charge is -2.22. The molecule has 1 aliphatic rings. The van der Waals surface area contributed by atoms with Gasteiger partial charge in [0.2, 0.25) is 0 Å². The third kappa shape index (κ3) is 2.21. The maximum absolute atomic E-state index is 8.14. The molecule has 86 valence electrons. The number of hydrogen-bond donors (Lipinski definition) is 2. The second-order valence-electron chi connectivity index (χ2n) is 4.49. The predicted molar refractivity (Wildman–Crippen MR) is 62.5 cm³/mol. The van der Waals surface area contributed by atoms with Crippen LogP contribution in [-0.4, -0.2) is 15.6 Å². The van der Waals surface area contributed by atoms with Crippen LogP contribution in [0.15, 0.2) is 12.1 Å². The molecule has 1 aromatic rings. The van der Waals surface area contributed by atoms with Crippen LogP contribution in [0.2, 0.25) is 0 Å². The molecule has 1 fully saturated rings. The molecule has 0 atom stereocenters. The zero-order valence-electron chi connectivity index (χ0n) is 9.66. The Kier molecular flexibility index (Phi) is 3.17. The molecule has 0 saturated heterocycles. The molecule has 4 heteroatoms. The minimum Gasteiger partial charge on any atom is -0.286 e. The van der Waals surface area contributed by atoms with E-state index < -0.39 is 0 Å². The Morgan fingerprint density at radius 1 is 1.31 bits per heavy atom. The van der Waals surface area contributed by atoms with Gasteiger partial charge in [0.05, 0.1) is 5.69 Å². The number of hydrogen-bond acceptors (Lipinski definition) is 3. The van der Waals surface area contributed by atoms with Gasteiger partial charge in [-0.3, -0.25) is 10.8 Å². The van der Waals surface area contributed by atoms with Gasteiger partial charge < -0.3 is 0 Å². The van der Waals surface area contributed by atoms with Gasteiger partial charge in [0.1, 0.15) is 11.3 Å². The molecule has 2 N–H and O–H groups in total. The highest BCUT2D eigenvalue weighted by Crippen LogP contribution is 2.24.